The highest BCUT2D eigenvalue weighted by atomic mass is 31.2. The second-order valence-electron chi connectivity index (χ2n) is 9.66. The Kier molecular flexibility index (Phi) is 9.21. The molecular formula is C24H30F2N5O9P. The van der Waals surface area contributed by atoms with E-state index in [4.69, 9.17) is 13.8 Å². The van der Waals surface area contributed by atoms with Gasteiger partial charge < -0.3 is 24.8 Å². The molecule has 14 nitrogen and oxygen atoms in total. The van der Waals surface area contributed by atoms with E-state index >= 15 is 8.78 Å². The van der Waals surface area contributed by atoms with Gasteiger partial charge in [-0.25, -0.2) is 9.36 Å². The molecule has 2 aliphatic heterocycles. The number of carboxylic acid groups (broad SMARTS) is 1. The van der Waals surface area contributed by atoms with Crippen molar-refractivity contribution in [2.75, 3.05) is 25.5 Å². The van der Waals surface area contributed by atoms with Gasteiger partial charge in [-0.05, 0) is 51.6 Å². The number of aromatic nitrogens is 2. The molecule has 1 amide bonds. The van der Waals surface area contributed by atoms with Crippen LogP contribution in [0.3, 0.4) is 0 Å². The van der Waals surface area contributed by atoms with Crippen molar-refractivity contribution >= 4 is 25.4 Å². The van der Waals surface area contributed by atoms with E-state index < -0.39 is 68.4 Å². The molecule has 1 aromatic heterocycles. The van der Waals surface area contributed by atoms with Gasteiger partial charge in [0.2, 0.25) is 12.1 Å². The summed E-state index contributed by atoms with van der Waals surface area (Å²) >= 11 is 0. The number of anilines is 1. The van der Waals surface area contributed by atoms with Crippen LogP contribution in [0.1, 0.15) is 26.0 Å². The highest BCUT2D eigenvalue weighted by Crippen LogP contribution is 2.48. The summed E-state index contributed by atoms with van der Waals surface area (Å²) in [6.07, 6.45) is -4.26. The summed E-state index contributed by atoms with van der Waals surface area (Å²) in [6.45, 7) is 0.966. The molecule has 2 fully saturated rings. The van der Waals surface area contributed by atoms with Crippen LogP contribution in [0.5, 0.6) is 5.75 Å². The van der Waals surface area contributed by atoms with Crippen molar-refractivity contribution in [3.8, 4) is 5.75 Å². The number of carbonyl (C=O) groups is 2. The standard InChI is InChI=1S/C24H30F2N5O9P/c1-14(21(34)35)29-41(37,40-15-7-4-3-5-8-15)38-13-17-19(32)24(25,26)22(39-17)31-12-10-18(28-23(31)36)27-20(33)16-9-6-11-30(16)2/h3-5,7-8,10,12,14,16-17,19,22,32H,6,9,11,13H2,1-2H3,(H,29,37)(H,34,35)(H,27,28,33,36)/t14?,16-,17+,19+,22+,41?/m0/s1. The topological polar surface area (TPSA) is 182 Å². The molecule has 1 aromatic carbocycles. The van der Waals surface area contributed by atoms with Crippen LogP contribution in [-0.4, -0.2) is 87.0 Å². The smallest absolute Gasteiger partial charge is 0.459 e. The number of hydrogen-bond donors (Lipinski definition) is 4. The summed E-state index contributed by atoms with van der Waals surface area (Å²) in [7, 11) is -2.72. The molecule has 4 N–H and O–H groups in total. The number of carbonyl (C=O) groups excluding carboxylic acids is 1. The summed E-state index contributed by atoms with van der Waals surface area (Å²) in [5.74, 6) is -5.92. The minimum absolute atomic E-state index is 0.0291. The maximum absolute atomic E-state index is 15.1. The van der Waals surface area contributed by atoms with E-state index in [9.17, 15) is 29.2 Å². The van der Waals surface area contributed by atoms with Gasteiger partial charge in [0, 0.05) is 6.20 Å². The van der Waals surface area contributed by atoms with Crippen LogP contribution in [-0.2, 0) is 23.4 Å². The van der Waals surface area contributed by atoms with Gasteiger partial charge in [-0.15, -0.1) is 0 Å². The van der Waals surface area contributed by atoms with E-state index in [1.807, 2.05) is 4.90 Å². The van der Waals surface area contributed by atoms with Gasteiger partial charge in [-0.2, -0.15) is 18.9 Å². The van der Waals surface area contributed by atoms with Crippen LogP contribution >= 0.6 is 7.75 Å². The predicted molar refractivity (Wildman–Crippen MR) is 139 cm³/mol. The lowest BCUT2D eigenvalue weighted by molar-refractivity contribution is -0.141. The third kappa shape index (κ3) is 6.97. The van der Waals surface area contributed by atoms with Crippen LogP contribution in [0.2, 0.25) is 0 Å². The van der Waals surface area contributed by atoms with Crippen LogP contribution in [0, 0.1) is 0 Å². The number of para-hydroxylation sites is 1. The minimum atomic E-state index is -4.50. The lowest BCUT2D eigenvalue weighted by Gasteiger charge is -2.23. The highest BCUT2D eigenvalue weighted by Gasteiger charge is 2.60. The Labute approximate surface area is 232 Å². The average Bonchev–Trinajstić information content (AvgIpc) is 3.44. The average molecular weight is 602 g/mol. The fourth-order valence-corrected chi connectivity index (χ4v) is 5.90. The molecule has 3 heterocycles. The normalized spacial score (nSPS) is 26.3. The number of halogens is 2. The number of rotatable bonds is 11. The third-order valence-electron chi connectivity index (χ3n) is 6.64. The number of alkyl halides is 2. The van der Waals surface area contributed by atoms with E-state index in [0.717, 1.165) is 32.2 Å². The Morgan fingerprint density at radius 3 is 2.61 bits per heavy atom. The Hall–Kier alpha value is -3.27. The largest absolute Gasteiger partial charge is 0.480 e. The molecule has 17 heteroatoms. The number of likely N-dealkylation sites (tertiary alicyclic amines) is 1. The van der Waals surface area contributed by atoms with E-state index in [2.05, 4.69) is 15.4 Å². The number of ether oxygens (including phenoxy) is 1. The molecule has 2 aliphatic rings. The van der Waals surface area contributed by atoms with Gasteiger partial charge in [-0.3, -0.25) is 23.6 Å². The van der Waals surface area contributed by atoms with Crippen molar-refractivity contribution in [1.82, 2.24) is 19.5 Å². The van der Waals surface area contributed by atoms with Gasteiger partial charge in [0.25, 0.3) is 0 Å². The fraction of sp³-hybridized carbons (Fsp3) is 0.500. The minimum Gasteiger partial charge on any atom is -0.480 e. The number of likely N-dealkylation sites (N-methyl/N-ethyl adjacent to an activating group) is 1. The quantitative estimate of drug-likeness (QED) is 0.273. The number of aliphatic hydroxyl groups is 1. The zero-order valence-electron chi connectivity index (χ0n) is 22.1. The van der Waals surface area contributed by atoms with Gasteiger partial charge in [0.05, 0.1) is 12.6 Å². The summed E-state index contributed by atoms with van der Waals surface area (Å²) in [4.78, 5) is 41.9. The lowest BCUT2D eigenvalue weighted by atomic mass is 10.1. The van der Waals surface area contributed by atoms with Gasteiger partial charge in [-0.1, -0.05) is 18.2 Å². The van der Waals surface area contributed by atoms with E-state index in [0.29, 0.717) is 11.0 Å². The van der Waals surface area contributed by atoms with E-state index in [-0.39, 0.29) is 11.6 Å². The molecule has 2 aromatic rings. The number of aliphatic hydroxyl groups excluding tert-OH is 1. The predicted octanol–water partition coefficient (Wildman–Crippen LogP) is 1.44. The number of amides is 1. The number of benzene rings is 1. The Morgan fingerprint density at radius 1 is 1.29 bits per heavy atom. The van der Waals surface area contributed by atoms with Crippen molar-refractivity contribution in [1.29, 1.82) is 0 Å². The number of carboxylic acids is 1. The van der Waals surface area contributed by atoms with Crippen molar-refractivity contribution in [3.05, 3.63) is 53.1 Å². The van der Waals surface area contributed by atoms with Crippen molar-refractivity contribution in [2.45, 2.75) is 56.2 Å². The molecule has 2 saturated heterocycles. The fourth-order valence-electron chi connectivity index (χ4n) is 4.39. The van der Waals surface area contributed by atoms with Crippen molar-refractivity contribution < 1.29 is 46.9 Å². The SMILES string of the molecule is CC(NP(=O)(OC[C@H]1O[C@@H](n2ccc(NC(=O)[C@@H]3CCCN3C)nc2=O)C(F)(F)[C@@H]1O)Oc1ccccc1)C(=O)O. The summed E-state index contributed by atoms with van der Waals surface area (Å²) in [5, 5.41) is 24.2. The molecule has 0 saturated carbocycles. The molecule has 0 bridgehead atoms. The first kappa shape index (κ1) is 30.7. The third-order valence-corrected chi connectivity index (χ3v) is 8.28. The molecule has 2 unspecified atom stereocenters. The number of aliphatic carboxylic acids is 1. The first-order valence-corrected chi connectivity index (χ1v) is 14.2. The van der Waals surface area contributed by atoms with Gasteiger partial charge >= 0.3 is 25.3 Å². The first-order valence-electron chi connectivity index (χ1n) is 12.6. The maximum atomic E-state index is 15.1. The van der Waals surface area contributed by atoms with Crippen LogP contribution in [0.25, 0.3) is 0 Å². The Balaban J connectivity index is 1.47. The summed E-state index contributed by atoms with van der Waals surface area (Å²) in [5.41, 5.74) is -1.18. The van der Waals surface area contributed by atoms with Crippen molar-refractivity contribution in [2.24, 2.45) is 0 Å². The summed E-state index contributed by atoms with van der Waals surface area (Å²) < 4.78 is 59.7. The zero-order chi connectivity index (χ0) is 29.9. The van der Waals surface area contributed by atoms with Gasteiger partial charge in [0.15, 0.2) is 6.10 Å². The molecule has 6 atom stereocenters. The van der Waals surface area contributed by atoms with E-state index in [1.54, 1.807) is 25.2 Å². The molecule has 41 heavy (non-hydrogen) atoms. The monoisotopic (exact) mass is 601 g/mol. The van der Waals surface area contributed by atoms with Crippen LogP contribution in [0.4, 0.5) is 14.6 Å². The van der Waals surface area contributed by atoms with Crippen LogP contribution < -0.4 is 20.6 Å². The van der Waals surface area contributed by atoms with E-state index in [1.165, 1.54) is 12.1 Å². The number of hydrogen-bond acceptors (Lipinski definition) is 10. The molecule has 0 spiro atoms. The molecular weight excluding hydrogens is 571 g/mol. The first-order chi connectivity index (χ1) is 19.3. The Morgan fingerprint density at radius 2 is 2.00 bits per heavy atom. The number of nitrogens with one attached hydrogen (secondary N) is 2. The second-order valence-corrected chi connectivity index (χ2v) is 11.4. The second kappa shape index (κ2) is 12.3. The molecule has 0 aliphatic carbocycles. The van der Waals surface area contributed by atoms with Crippen LogP contribution in [0.15, 0.2) is 47.4 Å². The maximum Gasteiger partial charge on any atom is 0.459 e. The number of nitrogens with zero attached hydrogens (tertiary/aromatic N) is 3. The van der Waals surface area contributed by atoms with Gasteiger partial charge in [0.1, 0.15) is 23.7 Å². The Bertz CT molecular complexity index is 1360. The zero-order valence-corrected chi connectivity index (χ0v) is 22.9. The lowest BCUT2D eigenvalue weighted by Crippen LogP contribution is -2.42. The molecule has 0 radical (unpaired) electrons. The van der Waals surface area contributed by atoms with Crippen molar-refractivity contribution in [3.63, 3.8) is 0 Å². The molecule has 224 valence electrons. The molecule has 4 rings (SSSR count). The summed E-state index contributed by atoms with van der Waals surface area (Å²) in [6, 6.07) is 6.86. The highest BCUT2D eigenvalue weighted by molar-refractivity contribution is 7.52.